The average Bonchev–Trinajstić information content (AvgIpc) is 3.06. The van der Waals surface area contributed by atoms with Crippen LogP contribution in [0.15, 0.2) is 28.6 Å². The van der Waals surface area contributed by atoms with Crippen molar-refractivity contribution < 1.29 is 8.85 Å². The van der Waals surface area contributed by atoms with Crippen molar-refractivity contribution in [3.63, 3.8) is 0 Å². The smallest absolute Gasteiger partial charge is 0.337 e. The van der Waals surface area contributed by atoms with Crippen LogP contribution in [0.2, 0.25) is 12.1 Å². The third-order valence-corrected chi connectivity index (χ3v) is 17.7. The highest BCUT2D eigenvalue weighted by Gasteiger charge is 2.37. The van der Waals surface area contributed by atoms with E-state index in [1.807, 2.05) is 36.5 Å². The molecule has 0 aliphatic rings. The summed E-state index contributed by atoms with van der Waals surface area (Å²) in [4.78, 5) is 4.63. The Morgan fingerprint density at radius 3 is 2.60 bits per heavy atom. The van der Waals surface area contributed by atoms with Crippen molar-refractivity contribution in [3.8, 4) is 0 Å². The first-order chi connectivity index (χ1) is 12.1. The second-order valence-corrected chi connectivity index (χ2v) is 18.0. The molecule has 1 aromatic carbocycles. The molecule has 0 amide bonds. The molecule has 3 nitrogen and oxygen atoms in total. The van der Waals surface area contributed by atoms with Gasteiger partial charge in [0.25, 0.3) is 0 Å². The van der Waals surface area contributed by atoms with Gasteiger partial charge in [-0.25, -0.2) is 4.98 Å². The number of thiazole rings is 1. The number of nitrogens with zero attached hydrogens (tertiary/aromatic N) is 1. The Morgan fingerprint density at radius 1 is 1.16 bits per heavy atom. The fourth-order valence-corrected chi connectivity index (χ4v) is 15.0. The third kappa shape index (κ3) is 6.83. The molecule has 10 heteroatoms. The van der Waals surface area contributed by atoms with E-state index in [0.29, 0.717) is 5.54 Å². The molecule has 0 aliphatic carbocycles. The first-order valence-electron chi connectivity index (χ1n) is 7.88. The molecule has 0 N–H and O–H groups in total. The summed E-state index contributed by atoms with van der Waals surface area (Å²) in [6.45, 7) is 4.39. The predicted octanol–water partition coefficient (Wildman–Crippen LogP) is 7.52. The van der Waals surface area contributed by atoms with Crippen molar-refractivity contribution in [1.29, 1.82) is 0 Å². The van der Waals surface area contributed by atoms with Crippen LogP contribution in [0.1, 0.15) is 19.8 Å². The van der Waals surface area contributed by atoms with E-state index in [9.17, 15) is 0 Å². The highest BCUT2D eigenvalue weighted by atomic mass is 33.8. The summed E-state index contributed by atoms with van der Waals surface area (Å²) in [6, 6.07) is 8.30. The van der Waals surface area contributed by atoms with Crippen LogP contribution >= 0.6 is 62.4 Å². The molecule has 0 saturated carbocycles. The average molecular weight is 470 g/mol. The maximum absolute atomic E-state index is 5.69. The van der Waals surface area contributed by atoms with E-state index in [0.717, 1.165) is 28.5 Å². The van der Waals surface area contributed by atoms with Crippen molar-refractivity contribution in [2.24, 2.45) is 0 Å². The molecule has 0 radical (unpaired) electrons. The van der Waals surface area contributed by atoms with Crippen LogP contribution in [0.25, 0.3) is 10.2 Å². The van der Waals surface area contributed by atoms with E-state index in [1.54, 1.807) is 46.2 Å². The molecule has 1 heterocycles. The van der Waals surface area contributed by atoms with Gasteiger partial charge in [0.2, 0.25) is 0 Å². The molecule has 25 heavy (non-hydrogen) atoms. The fraction of sp³-hybridized carbons (Fsp3) is 0.533. The molecule has 2 aromatic rings. The van der Waals surface area contributed by atoms with Gasteiger partial charge in [-0.05, 0) is 65.4 Å². The maximum Gasteiger partial charge on any atom is 0.337 e. The van der Waals surface area contributed by atoms with Crippen molar-refractivity contribution in [2.75, 3.05) is 20.0 Å². The minimum absolute atomic E-state index is 0.547. The molecule has 1 aromatic heterocycles. The van der Waals surface area contributed by atoms with E-state index in [-0.39, 0.29) is 0 Å². The summed E-state index contributed by atoms with van der Waals surface area (Å²) >= 11 is 1.76. The topological polar surface area (TPSA) is 31.4 Å². The van der Waals surface area contributed by atoms with E-state index in [2.05, 4.69) is 36.7 Å². The van der Waals surface area contributed by atoms with Crippen molar-refractivity contribution in [1.82, 2.24) is 4.98 Å². The first kappa shape index (κ1) is 22.3. The molecular formula is C15H23NO2S6Si. The minimum Gasteiger partial charge on any atom is -0.398 e. The SMILES string of the molecule is CCC(CCSSSSSc1nc2ccccc2s1)[Si](C)(OC)OC. The van der Waals surface area contributed by atoms with Gasteiger partial charge in [0.1, 0.15) is 0 Å². The standard InChI is InChI=1S/C15H23NO2S6Si/c1-5-12(25(4,17-2)18-3)10-11-19-22-24-23-21-15-16-13-8-6-7-9-14(13)20-15/h6-9,12H,5,10-11H2,1-4H3. The molecule has 0 aliphatic heterocycles. The summed E-state index contributed by atoms with van der Waals surface area (Å²) in [5.74, 6) is 1.12. The van der Waals surface area contributed by atoms with Crippen LogP contribution in [0, 0.1) is 0 Å². The number of rotatable bonds is 12. The van der Waals surface area contributed by atoms with E-state index in [1.165, 1.54) is 4.70 Å². The van der Waals surface area contributed by atoms with E-state index in [4.69, 9.17) is 8.85 Å². The molecule has 0 bridgehead atoms. The Labute approximate surface area is 174 Å². The lowest BCUT2D eigenvalue weighted by molar-refractivity contribution is 0.233. The number of para-hydroxylation sites is 1. The second kappa shape index (κ2) is 11.8. The second-order valence-electron chi connectivity index (χ2n) is 5.37. The van der Waals surface area contributed by atoms with Crippen molar-refractivity contribution in [3.05, 3.63) is 24.3 Å². The zero-order chi connectivity index (χ0) is 18.1. The number of hydrogen-bond acceptors (Lipinski definition) is 9. The van der Waals surface area contributed by atoms with Crippen molar-refractivity contribution >= 4 is 81.2 Å². The highest BCUT2D eigenvalue weighted by Crippen LogP contribution is 2.52. The summed E-state index contributed by atoms with van der Waals surface area (Å²) in [5, 5.41) is 0. The number of hydrogen-bond donors (Lipinski definition) is 0. The van der Waals surface area contributed by atoms with Gasteiger partial charge in [-0.1, -0.05) is 36.3 Å². The quantitative estimate of drug-likeness (QED) is 0.179. The van der Waals surface area contributed by atoms with Gasteiger partial charge < -0.3 is 8.85 Å². The minimum atomic E-state index is -2.01. The highest BCUT2D eigenvalue weighted by molar-refractivity contribution is 9.35. The number of benzene rings is 1. The normalized spacial score (nSPS) is 13.4. The molecular weight excluding hydrogens is 447 g/mol. The van der Waals surface area contributed by atoms with Gasteiger partial charge in [0, 0.05) is 25.5 Å². The Hall–Kier alpha value is 0.997. The van der Waals surface area contributed by atoms with Gasteiger partial charge in [-0.2, -0.15) is 0 Å². The van der Waals surface area contributed by atoms with Crippen LogP contribution in [-0.4, -0.2) is 33.5 Å². The van der Waals surface area contributed by atoms with Gasteiger partial charge in [-0.3, -0.25) is 0 Å². The molecule has 140 valence electrons. The lowest BCUT2D eigenvalue weighted by Crippen LogP contribution is -2.41. The molecule has 1 atom stereocenters. The van der Waals surface area contributed by atoms with Gasteiger partial charge in [-0.15, -0.1) is 11.3 Å². The zero-order valence-corrected chi connectivity index (χ0v) is 20.6. The van der Waals surface area contributed by atoms with Gasteiger partial charge in [0.05, 0.1) is 10.2 Å². The Morgan fingerprint density at radius 2 is 1.92 bits per heavy atom. The molecule has 0 spiro atoms. The summed E-state index contributed by atoms with van der Waals surface area (Å²) < 4.78 is 13.8. The van der Waals surface area contributed by atoms with Gasteiger partial charge in [0.15, 0.2) is 4.34 Å². The molecule has 1 unspecified atom stereocenters. The molecule has 2 rings (SSSR count). The Kier molecular flexibility index (Phi) is 10.5. The van der Waals surface area contributed by atoms with Gasteiger partial charge >= 0.3 is 8.56 Å². The number of aromatic nitrogens is 1. The Balaban J connectivity index is 1.61. The maximum atomic E-state index is 5.69. The van der Waals surface area contributed by atoms with Crippen LogP contribution in [0.4, 0.5) is 0 Å². The number of fused-ring (bicyclic) bond motifs is 1. The monoisotopic (exact) mass is 469 g/mol. The molecule has 0 saturated heterocycles. The molecule has 0 fully saturated rings. The summed E-state index contributed by atoms with van der Waals surface area (Å²) in [7, 11) is 10.7. The zero-order valence-electron chi connectivity index (χ0n) is 14.7. The fourth-order valence-electron chi connectivity index (χ4n) is 2.44. The lowest BCUT2D eigenvalue weighted by atomic mass is 10.3. The predicted molar refractivity (Wildman–Crippen MR) is 125 cm³/mol. The largest absolute Gasteiger partial charge is 0.398 e. The van der Waals surface area contributed by atoms with Crippen LogP contribution < -0.4 is 0 Å². The van der Waals surface area contributed by atoms with Crippen LogP contribution in [-0.2, 0) is 8.85 Å². The first-order valence-corrected chi connectivity index (χ1v) is 17.4. The Bertz CT molecular complexity index is 606. The van der Waals surface area contributed by atoms with Crippen LogP contribution in [0.3, 0.4) is 0 Å². The van der Waals surface area contributed by atoms with E-state index >= 15 is 0 Å². The third-order valence-electron chi connectivity index (χ3n) is 4.08. The summed E-state index contributed by atoms with van der Waals surface area (Å²) in [5.41, 5.74) is 1.64. The van der Waals surface area contributed by atoms with Crippen LogP contribution in [0.5, 0.6) is 0 Å². The summed E-state index contributed by atoms with van der Waals surface area (Å²) in [6.07, 6.45) is 2.26. The lowest BCUT2D eigenvalue weighted by Gasteiger charge is -2.31. The van der Waals surface area contributed by atoms with E-state index < -0.39 is 8.56 Å². The van der Waals surface area contributed by atoms with Crippen molar-refractivity contribution in [2.45, 2.75) is 36.2 Å².